The molecule has 0 aliphatic carbocycles. The number of anilines is 1. The molecule has 0 radical (unpaired) electrons. The summed E-state index contributed by atoms with van der Waals surface area (Å²) in [5.41, 5.74) is 4.94. The average molecular weight is 483 g/mol. The summed E-state index contributed by atoms with van der Waals surface area (Å²) < 4.78 is 1.98. The van der Waals surface area contributed by atoms with Crippen LogP contribution >= 0.6 is 11.8 Å². The maximum atomic E-state index is 13.5. The van der Waals surface area contributed by atoms with E-state index in [4.69, 9.17) is 5.26 Å². The van der Waals surface area contributed by atoms with Gasteiger partial charge >= 0.3 is 0 Å². The molecule has 35 heavy (non-hydrogen) atoms. The Morgan fingerprint density at radius 2 is 1.80 bits per heavy atom. The van der Waals surface area contributed by atoms with Gasteiger partial charge in [0.1, 0.15) is 0 Å². The zero-order valence-corrected chi connectivity index (χ0v) is 20.7. The van der Waals surface area contributed by atoms with Crippen LogP contribution in [0.2, 0.25) is 0 Å². The number of para-hydroxylation sites is 1. The second-order valence-corrected chi connectivity index (χ2v) is 9.45. The van der Waals surface area contributed by atoms with Crippen LogP contribution in [0.5, 0.6) is 0 Å². The SMILES string of the molecule is Cc1ccc(-n2c(SC(C)C(=O)N(CCC#N)c3ccccc3)nnc2-c2ccncc2)cc1C. The topological polar surface area (TPSA) is 87.7 Å². The Morgan fingerprint density at radius 1 is 1.06 bits per heavy atom. The predicted octanol–water partition coefficient (Wildman–Crippen LogP) is 5.37. The summed E-state index contributed by atoms with van der Waals surface area (Å²) in [5.74, 6) is 0.596. The molecule has 0 saturated heterocycles. The van der Waals surface area contributed by atoms with Crippen LogP contribution in [0, 0.1) is 25.2 Å². The second-order valence-electron chi connectivity index (χ2n) is 8.14. The number of thioether (sulfide) groups is 1. The highest BCUT2D eigenvalue weighted by Gasteiger charge is 2.26. The maximum Gasteiger partial charge on any atom is 0.240 e. The molecule has 1 unspecified atom stereocenters. The molecular weight excluding hydrogens is 456 g/mol. The lowest BCUT2D eigenvalue weighted by Crippen LogP contribution is -2.37. The first-order chi connectivity index (χ1) is 17.0. The summed E-state index contributed by atoms with van der Waals surface area (Å²) in [4.78, 5) is 19.3. The molecule has 0 aliphatic rings. The molecule has 0 spiro atoms. The Kier molecular flexibility index (Phi) is 7.58. The van der Waals surface area contributed by atoms with Crippen molar-refractivity contribution in [3.63, 3.8) is 0 Å². The number of aromatic nitrogens is 4. The first-order valence-corrected chi connectivity index (χ1v) is 12.2. The fourth-order valence-corrected chi connectivity index (χ4v) is 4.63. The minimum absolute atomic E-state index is 0.0865. The average Bonchev–Trinajstić information content (AvgIpc) is 3.30. The van der Waals surface area contributed by atoms with Gasteiger partial charge in [-0.25, -0.2) is 0 Å². The molecule has 4 rings (SSSR count). The van der Waals surface area contributed by atoms with Gasteiger partial charge in [0.2, 0.25) is 5.91 Å². The number of nitrogens with zero attached hydrogens (tertiary/aromatic N) is 6. The third-order valence-electron chi connectivity index (χ3n) is 5.73. The van der Waals surface area contributed by atoms with Gasteiger partial charge in [0, 0.05) is 30.2 Å². The summed E-state index contributed by atoms with van der Waals surface area (Å²) >= 11 is 1.35. The fourth-order valence-electron chi connectivity index (χ4n) is 3.70. The molecule has 0 aliphatic heterocycles. The van der Waals surface area contributed by atoms with Gasteiger partial charge in [-0.05, 0) is 68.3 Å². The normalized spacial score (nSPS) is 11.6. The van der Waals surface area contributed by atoms with Gasteiger partial charge in [-0.15, -0.1) is 10.2 Å². The Hall–Kier alpha value is -3.96. The van der Waals surface area contributed by atoms with Gasteiger partial charge in [0.15, 0.2) is 11.0 Å². The van der Waals surface area contributed by atoms with E-state index in [0.717, 1.165) is 22.5 Å². The lowest BCUT2D eigenvalue weighted by atomic mass is 10.1. The smallest absolute Gasteiger partial charge is 0.240 e. The van der Waals surface area contributed by atoms with Crippen LogP contribution in [0.4, 0.5) is 5.69 Å². The van der Waals surface area contributed by atoms with Crippen LogP contribution in [0.15, 0.2) is 78.2 Å². The monoisotopic (exact) mass is 482 g/mol. The number of nitriles is 1. The molecule has 2 heterocycles. The van der Waals surface area contributed by atoms with Gasteiger partial charge in [-0.1, -0.05) is 36.0 Å². The number of carbonyl (C=O) groups excluding carboxylic acids is 1. The zero-order valence-electron chi connectivity index (χ0n) is 19.9. The summed E-state index contributed by atoms with van der Waals surface area (Å²) in [5, 5.41) is 18.2. The van der Waals surface area contributed by atoms with E-state index in [0.29, 0.717) is 17.5 Å². The molecule has 176 valence electrons. The first-order valence-electron chi connectivity index (χ1n) is 11.3. The van der Waals surface area contributed by atoms with Crippen molar-refractivity contribution in [3.05, 3.63) is 84.2 Å². The van der Waals surface area contributed by atoms with Gasteiger partial charge in [0.25, 0.3) is 0 Å². The molecule has 2 aromatic heterocycles. The standard InChI is InChI=1S/C27H26N6OS/c1-19-10-11-24(18-20(19)2)33-25(22-12-15-29-16-13-22)30-31-27(33)35-21(3)26(34)32(17-7-14-28)23-8-5-4-6-9-23/h4-6,8-13,15-16,18,21H,7,17H2,1-3H3. The van der Waals surface area contributed by atoms with Gasteiger partial charge < -0.3 is 4.90 Å². The first kappa shape index (κ1) is 24.2. The Bertz CT molecular complexity index is 1350. The highest BCUT2D eigenvalue weighted by Crippen LogP contribution is 2.32. The van der Waals surface area contributed by atoms with E-state index in [-0.39, 0.29) is 12.3 Å². The van der Waals surface area contributed by atoms with E-state index in [9.17, 15) is 4.79 Å². The molecule has 2 aromatic carbocycles. The fraction of sp³-hybridized carbons (Fsp3) is 0.222. The van der Waals surface area contributed by atoms with Crippen molar-refractivity contribution in [2.24, 2.45) is 0 Å². The van der Waals surface area contributed by atoms with Crippen LogP contribution in [0.1, 0.15) is 24.5 Å². The number of pyridine rings is 1. The van der Waals surface area contributed by atoms with Crippen LogP contribution in [0.25, 0.3) is 17.1 Å². The predicted molar refractivity (Wildman–Crippen MR) is 138 cm³/mol. The second kappa shape index (κ2) is 11.0. The van der Waals surface area contributed by atoms with E-state index in [1.165, 1.54) is 17.3 Å². The third-order valence-corrected chi connectivity index (χ3v) is 6.76. The lowest BCUT2D eigenvalue weighted by molar-refractivity contribution is -0.117. The molecule has 4 aromatic rings. The van der Waals surface area contributed by atoms with E-state index >= 15 is 0 Å². The van der Waals surface area contributed by atoms with E-state index in [1.807, 2.05) is 60.0 Å². The molecule has 1 amide bonds. The van der Waals surface area contributed by atoms with E-state index in [1.54, 1.807) is 17.3 Å². The lowest BCUT2D eigenvalue weighted by Gasteiger charge is -2.25. The molecule has 7 nitrogen and oxygen atoms in total. The van der Waals surface area contributed by atoms with Crippen molar-refractivity contribution in [1.82, 2.24) is 19.7 Å². The van der Waals surface area contributed by atoms with Gasteiger partial charge in [-0.2, -0.15) is 5.26 Å². The van der Waals surface area contributed by atoms with E-state index < -0.39 is 5.25 Å². The van der Waals surface area contributed by atoms with Crippen molar-refractivity contribution < 1.29 is 4.79 Å². The molecule has 1 atom stereocenters. The summed E-state index contributed by atoms with van der Waals surface area (Å²) in [6.07, 6.45) is 3.70. The number of hydrogen-bond donors (Lipinski definition) is 0. The number of hydrogen-bond acceptors (Lipinski definition) is 6. The Balaban J connectivity index is 1.70. The van der Waals surface area contributed by atoms with Crippen molar-refractivity contribution in [3.8, 4) is 23.1 Å². The number of rotatable bonds is 8. The van der Waals surface area contributed by atoms with E-state index in [2.05, 4.69) is 47.2 Å². The Morgan fingerprint density at radius 3 is 2.49 bits per heavy atom. The number of amides is 1. The summed E-state index contributed by atoms with van der Waals surface area (Å²) in [7, 11) is 0. The summed E-state index contributed by atoms with van der Waals surface area (Å²) in [6, 6.07) is 21.6. The number of carbonyl (C=O) groups is 1. The van der Waals surface area contributed by atoms with Crippen LogP contribution in [-0.4, -0.2) is 37.5 Å². The van der Waals surface area contributed by atoms with Gasteiger partial charge in [-0.3, -0.25) is 14.3 Å². The molecule has 0 bridgehead atoms. The van der Waals surface area contributed by atoms with Crippen molar-refractivity contribution in [2.45, 2.75) is 37.6 Å². The van der Waals surface area contributed by atoms with Crippen molar-refractivity contribution in [1.29, 1.82) is 5.26 Å². The van der Waals surface area contributed by atoms with Crippen LogP contribution < -0.4 is 4.90 Å². The zero-order chi connectivity index (χ0) is 24.8. The van der Waals surface area contributed by atoms with Crippen molar-refractivity contribution >= 4 is 23.4 Å². The van der Waals surface area contributed by atoms with Gasteiger partial charge in [0.05, 0.1) is 23.4 Å². The quantitative estimate of drug-likeness (QED) is 0.314. The number of benzene rings is 2. The third kappa shape index (κ3) is 5.42. The molecule has 8 heteroatoms. The largest absolute Gasteiger partial charge is 0.310 e. The molecular formula is C27H26N6OS. The maximum absolute atomic E-state index is 13.5. The minimum atomic E-state index is -0.450. The highest BCUT2D eigenvalue weighted by atomic mass is 32.2. The van der Waals surface area contributed by atoms with Crippen LogP contribution in [0.3, 0.4) is 0 Å². The van der Waals surface area contributed by atoms with Crippen molar-refractivity contribution in [2.75, 3.05) is 11.4 Å². The molecule has 0 N–H and O–H groups in total. The molecule has 0 saturated carbocycles. The Labute approximate surface area is 209 Å². The van der Waals surface area contributed by atoms with Crippen LogP contribution in [-0.2, 0) is 4.79 Å². The summed E-state index contributed by atoms with van der Waals surface area (Å²) in [6.45, 7) is 6.34. The number of aryl methyl sites for hydroxylation is 2. The minimum Gasteiger partial charge on any atom is -0.310 e. The highest BCUT2D eigenvalue weighted by molar-refractivity contribution is 8.00. The molecule has 0 fully saturated rings.